The lowest BCUT2D eigenvalue weighted by molar-refractivity contribution is 0.174. The maximum atomic E-state index is 9.87. The normalized spacial score (nSPS) is 16.3. The summed E-state index contributed by atoms with van der Waals surface area (Å²) in [4.78, 5) is 0. The molecule has 2 aliphatic rings. The highest BCUT2D eigenvalue weighted by Gasteiger charge is 2.34. The molecule has 0 unspecified atom stereocenters. The minimum atomic E-state index is -0.481. The van der Waals surface area contributed by atoms with Gasteiger partial charge in [-0.3, -0.25) is 0 Å². The van der Waals surface area contributed by atoms with Crippen molar-refractivity contribution in [3.63, 3.8) is 0 Å². The Bertz CT molecular complexity index is 1250. The van der Waals surface area contributed by atoms with Crippen LogP contribution in [0.3, 0.4) is 0 Å². The van der Waals surface area contributed by atoms with Crippen molar-refractivity contribution in [1.29, 1.82) is 5.26 Å². The van der Waals surface area contributed by atoms with E-state index in [0.29, 0.717) is 33.6 Å². The molecule has 31 heavy (non-hydrogen) atoms. The second kappa shape index (κ2) is 7.78. The van der Waals surface area contributed by atoms with E-state index in [4.69, 9.17) is 36.3 Å². The molecule has 2 N–H and O–H groups in total. The molecule has 0 aliphatic carbocycles. The number of benzene rings is 3. The molecule has 2 aliphatic heterocycles. The number of hydrogen-bond acceptors (Lipinski definition) is 6. The Balaban J connectivity index is 1.58. The third-order valence-corrected chi connectivity index (χ3v) is 5.65. The summed E-state index contributed by atoms with van der Waals surface area (Å²) in [6.45, 7) is 0.420. The van der Waals surface area contributed by atoms with Gasteiger partial charge in [0, 0.05) is 27.8 Å². The summed E-state index contributed by atoms with van der Waals surface area (Å²) in [6, 6.07) is 20.8. The molecule has 0 spiro atoms. The van der Waals surface area contributed by atoms with Gasteiger partial charge < -0.3 is 24.7 Å². The Morgan fingerprint density at radius 1 is 1.00 bits per heavy atom. The molecular formula is C24H17ClN2O4. The van der Waals surface area contributed by atoms with Crippen LogP contribution in [0.1, 0.15) is 22.6 Å². The van der Waals surface area contributed by atoms with E-state index in [1.807, 2.05) is 54.6 Å². The van der Waals surface area contributed by atoms with E-state index in [1.165, 1.54) is 0 Å². The second-order valence-electron chi connectivity index (χ2n) is 7.09. The topological polar surface area (TPSA) is 86.7 Å². The van der Waals surface area contributed by atoms with Gasteiger partial charge >= 0.3 is 0 Å². The molecule has 1 atom stereocenters. The zero-order valence-corrected chi connectivity index (χ0v) is 17.1. The molecule has 7 heteroatoms. The van der Waals surface area contributed by atoms with Gasteiger partial charge in [-0.15, -0.1) is 0 Å². The van der Waals surface area contributed by atoms with Crippen LogP contribution in [0.25, 0.3) is 0 Å². The summed E-state index contributed by atoms with van der Waals surface area (Å²) >= 11 is 6.28. The fourth-order valence-corrected chi connectivity index (χ4v) is 3.98. The summed E-state index contributed by atoms with van der Waals surface area (Å²) in [7, 11) is 0. The minimum absolute atomic E-state index is 0.0553. The number of ether oxygens (including phenoxy) is 4. The fraction of sp³-hybridized carbons (Fsp3) is 0.125. The Morgan fingerprint density at radius 2 is 1.74 bits per heavy atom. The molecule has 0 radical (unpaired) electrons. The molecule has 0 saturated heterocycles. The summed E-state index contributed by atoms with van der Waals surface area (Å²) in [5.41, 5.74) is 8.83. The first-order valence-corrected chi connectivity index (χ1v) is 9.99. The van der Waals surface area contributed by atoms with Crippen LogP contribution in [-0.2, 0) is 6.61 Å². The molecule has 5 rings (SSSR count). The van der Waals surface area contributed by atoms with Gasteiger partial charge in [0.25, 0.3) is 0 Å². The predicted octanol–water partition coefficient (Wildman–Crippen LogP) is 4.87. The van der Waals surface area contributed by atoms with Crippen LogP contribution in [0.5, 0.6) is 23.0 Å². The molecule has 0 aromatic heterocycles. The molecule has 0 fully saturated rings. The van der Waals surface area contributed by atoms with Gasteiger partial charge in [0.1, 0.15) is 29.7 Å². The first-order chi connectivity index (χ1) is 15.2. The van der Waals surface area contributed by atoms with Gasteiger partial charge in [-0.2, -0.15) is 5.26 Å². The number of halogens is 1. The fourth-order valence-electron chi connectivity index (χ4n) is 3.79. The van der Waals surface area contributed by atoms with Crippen LogP contribution in [0.2, 0.25) is 5.02 Å². The van der Waals surface area contributed by atoms with Crippen molar-refractivity contribution in [2.45, 2.75) is 12.5 Å². The third-order valence-electron chi connectivity index (χ3n) is 5.28. The lowest BCUT2D eigenvalue weighted by atomic mass is 9.83. The highest BCUT2D eigenvalue weighted by molar-refractivity contribution is 6.31. The number of hydrogen-bond donors (Lipinski definition) is 1. The van der Waals surface area contributed by atoms with Gasteiger partial charge in [0.2, 0.25) is 12.7 Å². The van der Waals surface area contributed by atoms with E-state index in [1.54, 1.807) is 6.07 Å². The maximum Gasteiger partial charge on any atom is 0.231 e. The average Bonchev–Trinajstić information content (AvgIpc) is 3.24. The van der Waals surface area contributed by atoms with Crippen LogP contribution < -0.4 is 24.7 Å². The van der Waals surface area contributed by atoms with Gasteiger partial charge in [0.05, 0.1) is 5.92 Å². The molecule has 6 nitrogen and oxygen atoms in total. The molecule has 2 heterocycles. The summed E-state index contributed by atoms with van der Waals surface area (Å²) < 4.78 is 22.9. The van der Waals surface area contributed by atoms with E-state index in [0.717, 1.165) is 16.7 Å². The quantitative estimate of drug-likeness (QED) is 0.633. The van der Waals surface area contributed by atoms with Crippen molar-refractivity contribution < 1.29 is 18.9 Å². The number of nitriles is 1. The molecule has 0 amide bonds. The van der Waals surface area contributed by atoms with E-state index in [-0.39, 0.29) is 19.3 Å². The number of fused-ring (bicyclic) bond motifs is 2. The first kappa shape index (κ1) is 19.2. The van der Waals surface area contributed by atoms with Crippen molar-refractivity contribution in [3.05, 3.63) is 93.8 Å². The van der Waals surface area contributed by atoms with Gasteiger partial charge in [0.15, 0.2) is 11.5 Å². The highest BCUT2D eigenvalue weighted by atomic mass is 35.5. The van der Waals surface area contributed by atoms with Gasteiger partial charge in [-0.1, -0.05) is 48.0 Å². The number of nitrogens with zero attached hydrogens (tertiary/aromatic N) is 1. The van der Waals surface area contributed by atoms with E-state index in [2.05, 4.69) is 6.07 Å². The first-order valence-electron chi connectivity index (χ1n) is 9.62. The second-order valence-corrected chi connectivity index (χ2v) is 7.49. The van der Waals surface area contributed by atoms with Gasteiger partial charge in [-0.05, 0) is 18.2 Å². The molecular weight excluding hydrogens is 416 g/mol. The van der Waals surface area contributed by atoms with Crippen LogP contribution in [-0.4, -0.2) is 6.79 Å². The van der Waals surface area contributed by atoms with Crippen molar-refractivity contribution in [3.8, 4) is 29.1 Å². The molecule has 0 bridgehead atoms. The highest BCUT2D eigenvalue weighted by Crippen LogP contribution is 2.49. The Labute approximate surface area is 184 Å². The van der Waals surface area contributed by atoms with E-state index in [9.17, 15) is 5.26 Å². The average molecular weight is 433 g/mol. The van der Waals surface area contributed by atoms with Crippen molar-refractivity contribution in [1.82, 2.24) is 0 Å². The third kappa shape index (κ3) is 3.39. The van der Waals surface area contributed by atoms with Crippen molar-refractivity contribution >= 4 is 11.6 Å². The summed E-state index contributed by atoms with van der Waals surface area (Å²) in [5.74, 6) is 1.89. The maximum absolute atomic E-state index is 9.87. The minimum Gasteiger partial charge on any atom is -0.489 e. The Kier molecular flexibility index (Phi) is 4.81. The lowest BCUT2D eigenvalue weighted by Crippen LogP contribution is -2.21. The molecule has 154 valence electrons. The smallest absolute Gasteiger partial charge is 0.231 e. The standard InChI is InChI=1S/C24H17ClN2O4/c25-18-7-3-1-5-14(18)12-28-19-8-4-2-6-15(19)23-16-9-21-22(30-13-29-21)10-20(16)31-24(27)17(23)11-26/h1-10,23H,12-13,27H2/t23-/m1/s1. The number of para-hydroxylation sites is 1. The van der Waals surface area contributed by atoms with Crippen LogP contribution in [0, 0.1) is 11.3 Å². The van der Waals surface area contributed by atoms with Crippen molar-refractivity contribution in [2.24, 2.45) is 5.73 Å². The largest absolute Gasteiger partial charge is 0.489 e. The summed E-state index contributed by atoms with van der Waals surface area (Å²) in [5, 5.41) is 10.5. The monoisotopic (exact) mass is 432 g/mol. The number of nitrogens with two attached hydrogens (primary N) is 1. The van der Waals surface area contributed by atoms with Gasteiger partial charge in [-0.25, -0.2) is 0 Å². The van der Waals surface area contributed by atoms with E-state index >= 15 is 0 Å². The number of rotatable bonds is 4. The van der Waals surface area contributed by atoms with Crippen LogP contribution in [0.15, 0.2) is 72.1 Å². The lowest BCUT2D eigenvalue weighted by Gasteiger charge is -2.28. The number of allylic oxidation sites excluding steroid dienone is 1. The van der Waals surface area contributed by atoms with Crippen molar-refractivity contribution in [2.75, 3.05) is 6.79 Å². The SMILES string of the molecule is N#CC1=C(N)Oc2cc3c(cc2[C@H]1c1ccccc1OCc1ccccc1Cl)OCO3. The molecule has 3 aromatic rings. The van der Waals surface area contributed by atoms with Crippen LogP contribution in [0.4, 0.5) is 0 Å². The van der Waals surface area contributed by atoms with Crippen LogP contribution >= 0.6 is 11.6 Å². The Hall–Kier alpha value is -3.82. The Morgan fingerprint density at radius 3 is 2.55 bits per heavy atom. The summed E-state index contributed by atoms with van der Waals surface area (Å²) in [6.07, 6.45) is 0. The zero-order valence-electron chi connectivity index (χ0n) is 16.3. The molecule has 0 saturated carbocycles. The molecule has 3 aromatic carbocycles. The zero-order chi connectivity index (χ0) is 21.4. The predicted molar refractivity (Wildman–Crippen MR) is 114 cm³/mol. The van der Waals surface area contributed by atoms with E-state index < -0.39 is 5.92 Å².